The number of carbonyl (C=O) groups excluding carboxylic acids is 2. The number of benzene rings is 1. The smallest absolute Gasteiger partial charge is 0.313 e. The molecule has 2 amide bonds. The van der Waals surface area contributed by atoms with Crippen molar-refractivity contribution in [2.24, 2.45) is 5.92 Å². The Bertz CT molecular complexity index is 517. The molecule has 1 aromatic rings. The minimum Gasteiger partial charge on any atom is -0.393 e. The van der Waals surface area contributed by atoms with Crippen molar-refractivity contribution in [3.8, 4) is 0 Å². The minimum absolute atomic E-state index is 0.216. The molecular weight excluding hydrogens is 280 g/mol. The zero-order valence-electron chi connectivity index (χ0n) is 13.2. The maximum Gasteiger partial charge on any atom is 0.313 e. The Morgan fingerprint density at radius 1 is 1.27 bits per heavy atom. The number of carbonyl (C=O) groups is 2. The molecule has 2 rings (SSSR count). The number of nitrogens with zero attached hydrogens (tertiary/aromatic N) is 1. The fourth-order valence-corrected chi connectivity index (χ4v) is 2.74. The number of likely N-dealkylation sites (tertiary alicyclic amines) is 1. The van der Waals surface area contributed by atoms with Crippen LogP contribution in [0.15, 0.2) is 24.3 Å². The summed E-state index contributed by atoms with van der Waals surface area (Å²) in [7, 11) is 0. The van der Waals surface area contributed by atoms with Crippen molar-refractivity contribution < 1.29 is 14.7 Å². The number of piperidine rings is 1. The number of anilines is 1. The SMILES string of the molecule is CCc1ccc(NC(=O)C(=O)N2CCC(C(C)O)CC2)cc1. The van der Waals surface area contributed by atoms with E-state index in [2.05, 4.69) is 12.2 Å². The Hall–Kier alpha value is -1.88. The normalized spacial score (nSPS) is 17.1. The molecule has 5 heteroatoms. The maximum absolute atomic E-state index is 12.2. The Kier molecular flexibility index (Phi) is 5.55. The third-order valence-electron chi connectivity index (χ3n) is 4.32. The van der Waals surface area contributed by atoms with E-state index in [4.69, 9.17) is 0 Å². The molecule has 2 N–H and O–H groups in total. The first kappa shape index (κ1) is 16.5. The van der Waals surface area contributed by atoms with Crippen LogP contribution in [0.4, 0.5) is 5.69 Å². The summed E-state index contributed by atoms with van der Waals surface area (Å²) in [6, 6.07) is 7.50. The number of aliphatic hydroxyl groups is 1. The van der Waals surface area contributed by atoms with Gasteiger partial charge in [0.25, 0.3) is 0 Å². The van der Waals surface area contributed by atoms with E-state index in [-0.39, 0.29) is 12.0 Å². The molecule has 0 aliphatic carbocycles. The zero-order chi connectivity index (χ0) is 16.1. The standard InChI is InChI=1S/C17H24N2O3/c1-3-13-4-6-15(7-5-13)18-16(21)17(22)19-10-8-14(9-11-19)12(2)20/h4-7,12,14,20H,3,8-11H2,1-2H3,(H,18,21). The van der Waals surface area contributed by atoms with Crippen LogP contribution in [0.25, 0.3) is 0 Å². The lowest BCUT2D eigenvalue weighted by Gasteiger charge is -2.32. The molecule has 1 saturated heterocycles. The number of aliphatic hydroxyl groups excluding tert-OH is 1. The van der Waals surface area contributed by atoms with Crippen molar-refractivity contribution in [2.75, 3.05) is 18.4 Å². The summed E-state index contributed by atoms with van der Waals surface area (Å²) in [5.74, 6) is -0.878. The highest BCUT2D eigenvalue weighted by atomic mass is 16.3. The first-order valence-corrected chi connectivity index (χ1v) is 7.88. The van der Waals surface area contributed by atoms with Crippen molar-refractivity contribution in [1.29, 1.82) is 0 Å². The molecule has 22 heavy (non-hydrogen) atoms. The van der Waals surface area contributed by atoms with Gasteiger partial charge in [-0.15, -0.1) is 0 Å². The Labute approximate surface area is 131 Å². The predicted octanol–water partition coefficient (Wildman–Crippen LogP) is 1.81. The largest absolute Gasteiger partial charge is 0.393 e. The molecular formula is C17H24N2O3. The highest BCUT2D eigenvalue weighted by molar-refractivity contribution is 6.39. The van der Waals surface area contributed by atoms with E-state index in [9.17, 15) is 14.7 Å². The quantitative estimate of drug-likeness (QED) is 0.837. The van der Waals surface area contributed by atoms with Crippen molar-refractivity contribution in [3.63, 3.8) is 0 Å². The number of hydrogen-bond acceptors (Lipinski definition) is 3. The number of nitrogens with one attached hydrogen (secondary N) is 1. The molecule has 0 spiro atoms. The third-order valence-corrected chi connectivity index (χ3v) is 4.32. The van der Waals surface area contributed by atoms with Gasteiger partial charge in [0.1, 0.15) is 0 Å². The van der Waals surface area contributed by atoms with Crippen molar-refractivity contribution in [2.45, 2.75) is 39.2 Å². The lowest BCUT2D eigenvalue weighted by Crippen LogP contribution is -2.45. The molecule has 120 valence electrons. The van der Waals surface area contributed by atoms with Gasteiger partial charge in [0.15, 0.2) is 0 Å². The Morgan fingerprint density at radius 3 is 2.36 bits per heavy atom. The summed E-state index contributed by atoms with van der Waals surface area (Å²) >= 11 is 0. The molecule has 1 aromatic carbocycles. The molecule has 0 aromatic heterocycles. The predicted molar refractivity (Wildman–Crippen MR) is 85.4 cm³/mol. The van der Waals surface area contributed by atoms with E-state index in [1.807, 2.05) is 24.3 Å². The third kappa shape index (κ3) is 4.07. The number of rotatable bonds is 3. The molecule has 0 bridgehead atoms. The summed E-state index contributed by atoms with van der Waals surface area (Å²) in [5.41, 5.74) is 1.82. The van der Waals surface area contributed by atoms with Crippen molar-refractivity contribution >= 4 is 17.5 Å². The van der Waals surface area contributed by atoms with Crippen LogP contribution < -0.4 is 5.32 Å². The molecule has 1 fully saturated rings. The second-order valence-corrected chi connectivity index (χ2v) is 5.87. The van der Waals surface area contributed by atoms with Gasteiger partial charge < -0.3 is 15.3 Å². The van der Waals surface area contributed by atoms with Crippen LogP contribution in [0.3, 0.4) is 0 Å². The van der Waals surface area contributed by atoms with Crippen LogP contribution in [0.2, 0.25) is 0 Å². The van der Waals surface area contributed by atoms with Gasteiger partial charge in [-0.2, -0.15) is 0 Å². The monoisotopic (exact) mass is 304 g/mol. The van der Waals surface area contributed by atoms with E-state index in [0.717, 1.165) is 19.3 Å². The zero-order valence-corrected chi connectivity index (χ0v) is 13.2. The summed E-state index contributed by atoms with van der Waals surface area (Å²) in [5, 5.41) is 12.2. The fraction of sp³-hybridized carbons (Fsp3) is 0.529. The van der Waals surface area contributed by atoms with Gasteiger partial charge in [-0.25, -0.2) is 0 Å². The first-order chi connectivity index (χ1) is 10.5. The van der Waals surface area contributed by atoms with Gasteiger partial charge in [0.05, 0.1) is 6.10 Å². The van der Waals surface area contributed by atoms with Crippen LogP contribution in [0.1, 0.15) is 32.3 Å². The molecule has 0 radical (unpaired) electrons. The Balaban J connectivity index is 1.88. The van der Waals surface area contributed by atoms with E-state index in [1.54, 1.807) is 11.8 Å². The first-order valence-electron chi connectivity index (χ1n) is 7.88. The van der Waals surface area contributed by atoms with Crippen molar-refractivity contribution in [3.05, 3.63) is 29.8 Å². The van der Waals surface area contributed by atoms with Gasteiger partial charge in [0, 0.05) is 18.8 Å². The second kappa shape index (κ2) is 7.40. The van der Waals surface area contributed by atoms with Gasteiger partial charge in [-0.3, -0.25) is 9.59 Å². The Morgan fingerprint density at radius 2 is 1.86 bits per heavy atom. The fourth-order valence-electron chi connectivity index (χ4n) is 2.74. The summed E-state index contributed by atoms with van der Waals surface area (Å²) in [6.45, 7) is 4.88. The van der Waals surface area contributed by atoms with Gasteiger partial charge in [-0.05, 0) is 49.8 Å². The van der Waals surface area contributed by atoms with Gasteiger partial charge in [-0.1, -0.05) is 19.1 Å². The molecule has 1 unspecified atom stereocenters. The van der Waals surface area contributed by atoms with Crippen LogP contribution in [-0.4, -0.2) is 41.0 Å². The molecule has 1 heterocycles. The van der Waals surface area contributed by atoms with E-state index in [1.165, 1.54) is 5.56 Å². The molecule has 1 atom stereocenters. The van der Waals surface area contributed by atoms with Gasteiger partial charge in [0.2, 0.25) is 0 Å². The topological polar surface area (TPSA) is 69.6 Å². The molecule has 0 saturated carbocycles. The summed E-state index contributed by atoms with van der Waals surface area (Å²) in [6.07, 6.45) is 2.05. The summed E-state index contributed by atoms with van der Waals surface area (Å²) in [4.78, 5) is 25.7. The number of amides is 2. The van der Waals surface area contributed by atoms with E-state index in [0.29, 0.717) is 18.8 Å². The average Bonchev–Trinajstić information content (AvgIpc) is 2.55. The number of hydrogen-bond donors (Lipinski definition) is 2. The second-order valence-electron chi connectivity index (χ2n) is 5.87. The number of aryl methyl sites for hydroxylation is 1. The average molecular weight is 304 g/mol. The van der Waals surface area contributed by atoms with Crippen LogP contribution in [-0.2, 0) is 16.0 Å². The summed E-state index contributed by atoms with van der Waals surface area (Å²) < 4.78 is 0. The lowest BCUT2D eigenvalue weighted by atomic mass is 9.92. The maximum atomic E-state index is 12.2. The molecule has 5 nitrogen and oxygen atoms in total. The molecule has 1 aliphatic heterocycles. The minimum atomic E-state index is -0.597. The van der Waals surface area contributed by atoms with Crippen LogP contribution in [0, 0.1) is 5.92 Å². The lowest BCUT2D eigenvalue weighted by molar-refractivity contribution is -0.144. The van der Waals surface area contributed by atoms with E-state index < -0.39 is 11.8 Å². The molecule has 1 aliphatic rings. The van der Waals surface area contributed by atoms with Crippen LogP contribution >= 0.6 is 0 Å². The van der Waals surface area contributed by atoms with Gasteiger partial charge >= 0.3 is 11.8 Å². The highest BCUT2D eigenvalue weighted by Crippen LogP contribution is 2.20. The van der Waals surface area contributed by atoms with Crippen LogP contribution in [0.5, 0.6) is 0 Å². The highest BCUT2D eigenvalue weighted by Gasteiger charge is 2.28. The van der Waals surface area contributed by atoms with Crippen molar-refractivity contribution in [1.82, 2.24) is 4.90 Å². The van der Waals surface area contributed by atoms with E-state index >= 15 is 0 Å².